The van der Waals surface area contributed by atoms with Crippen LogP contribution in [0.15, 0.2) is 133 Å². The van der Waals surface area contributed by atoms with E-state index in [1.54, 1.807) is 0 Å². The van der Waals surface area contributed by atoms with E-state index in [4.69, 9.17) is 9.97 Å². The van der Waals surface area contributed by atoms with Gasteiger partial charge < -0.3 is 4.57 Å². The molecule has 0 bridgehead atoms. The number of para-hydroxylation sites is 2. The molecule has 2 aliphatic rings. The summed E-state index contributed by atoms with van der Waals surface area (Å²) < 4.78 is 4.91. The summed E-state index contributed by atoms with van der Waals surface area (Å²) in [6.45, 7) is 0. The Hall–Kier alpha value is -6.26. The molecule has 0 radical (unpaired) electrons. The lowest BCUT2D eigenvalue weighted by molar-refractivity contribution is 0.842. The SMILES string of the molecule is c1ccc(-c2nc(-n3c4cc5c(cc4c4c6c7cc8c(cc7n(-c7ccccc7)c6c6ccccc6c43)CC8)CC5)nc3ccccc23)cc1. The van der Waals surface area contributed by atoms with Crippen molar-refractivity contribution in [3.05, 3.63) is 156 Å². The van der Waals surface area contributed by atoms with Crippen molar-refractivity contribution < 1.29 is 0 Å². The van der Waals surface area contributed by atoms with E-state index in [9.17, 15) is 0 Å². The highest BCUT2D eigenvalue weighted by Gasteiger charge is 2.28. The second kappa shape index (κ2) is 9.67. The second-order valence-electron chi connectivity index (χ2n) is 14.0. The van der Waals surface area contributed by atoms with Crippen molar-refractivity contribution >= 4 is 65.3 Å². The summed E-state index contributed by atoms with van der Waals surface area (Å²) >= 11 is 0. The van der Waals surface area contributed by atoms with Gasteiger partial charge >= 0.3 is 0 Å². The van der Waals surface area contributed by atoms with Crippen LogP contribution >= 0.6 is 0 Å². The van der Waals surface area contributed by atoms with Crippen molar-refractivity contribution in [1.82, 2.24) is 19.1 Å². The summed E-state index contributed by atoms with van der Waals surface area (Å²) in [7, 11) is 0. The smallest absolute Gasteiger partial charge is 0.235 e. The van der Waals surface area contributed by atoms with Crippen molar-refractivity contribution in [3.8, 4) is 22.9 Å². The van der Waals surface area contributed by atoms with E-state index in [0.717, 1.165) is 47.8 Å². The van der Waals surface area contributed by atoms with Crippen LogP contribution in [0.25, 0.3) is 88.2 Å². The molecular formula is C46H30N4. The minimum atomic E-state index is 0.710. The number of benzene rings is 7. The Bertz CT molecular complexity index is 3080. The molecule has 50 heavy (non-hydrogen) atoms. The fourth-order valence-electron chi connectivity index (χ4n) is 8.90. The highest BCUT2D eigenvalue weighted by atomic mass is 15.2. The number of aryl methyl sites for hydroxylation is 4. The molecule has 0 saturated carbocycles. The third-order valence-corrected chi connectivity index (χ3v) is 11.4. The zero-order valence-corrected chi connectivity index (χ0v) is 27.3. The van der Waals surface area contributed by atoms with Crippen LogP contribution in [0.1, 0.15) is 22.3 Å². The molecule has 0 aliphatic heterocycles. The Balaban J connectivity index is 1.34. The lowest BCUT2D eigenvalue weighted by Crippen LogP contribution is -2.09. The number of nitrogens with zero attached hydrogens (tertiary/aromatic N) is 4. The Morgan fingerprint density at radius 1 is 0.420 bits per heavy atom. The summed E-state index contributed by atoms with van der Waals surface area (Å²) in [6.07, 6.45) is 4.52. The third-order valence-electron chi connectivity index (χ3n) is 11.4. The normalized spacial score (nSPS) is 13.7. The van der Waals surface area contributed by atoms with Crippen LogP contribution in [0.2, 0.25) is 0 Å². The van der Waals surface area contributed by atoms with Gasteiger partial charge in [-0.25, -0.2) is 9.97 Å². The number of fused-ring (bicyclic) bond motifs is 13. The largest absolute Gasteiger partial charge is 0.309 e. The van der Waals surface area contributed by atoms with Gasteiger partial charge in [0.25, 0.3) is 0 Å². The van der Waals surface area contributed by atoms with Crippen molar-refractivity contribution in [1.29, 1.82) is 0 Å². The minimum Gasteiger partial charge on any atom is -0.309 e. The second-order valence-corrected chi connectivity index (χ2v) is 14.0. The van der Waals surface area contributed by atoms with Crippen molar-refractivity contribution in [2.45, 2.75) is 25.7 Å². The van der Waals surface area contributed by atoms with E-state index in [1.807, 2.05) is 0 Å². The number of hydrogen-bond acceptors (Lipinski definition) is 2. The van der Waals surface area contributed by atoms with E-state index >= 15 is 0 Å². The van der Waals surface area contributed by atoms with Gasteiger partial charge in [-0.1, -0.05) is 91.0 Å². The predicted octanol–water partition coefficient (Wildman–Crippen LogP) is 10.8. The zero-order valence-electron chi connectivity index (χ0n) is 27.3. The number of hydrogen-bond donors (Lipinski definition) is 0. The first-order valence-electron chi connectivity index (χ1n) is 17.7. The van der Waals surface area contributed by atoms with Crippen LogP contribution in [-0.2, 0) is 25.7 Å². The monoisotopic (exact) mass is 638 g/mol. The minimum absolute atomic E-state index is 0.710. The van der Waals surface area contributed by atoms with Gasteiger partial charge in [-0.15, -0.1) is 0 Å². The molecule has 4 nitrogen and oxygen atoms in total. The lowest BCUT2D eigenvalue weighted by atomic mass is 9.86. The van der Waals surface area contributed by atoms with Gasteiger partial charge in [-0.3, -0.25) is 4.57 Å². The van der Waals surface area contributed by atoms with E-state index in [2.05, 4.69) is 143 Å². The van der Waals surface area contributed by atoms with Crippen molar-refractivity contribution in [3.63, 3.8) is 0 Å². The van der Waals surface area contributed by atoms with E-state index in [0.29, 0.717) is 5.95 Å². The Morgan fingerprint density at radius 2 is 0.920 bits per heavy atom. The van der Waals surface area contributed by atoms with Gasteiger partial charge in [0.1, 0.15) is 0 Å². The van der Waals surface area contributed by atoms with Crippen LogP contribution in [0.4, 0.5) is 0 Å². The predicted molar refractivity (Wildman–Crippen MR) is 206 cm³/mol. The third kappa shape index (κ3) is 3.45. The number of rotatable bonds is 3. The molecule has 3 heterocycles. The molecule has 0 spiro atoms. The molecule has 0 fully saturated rings. The molecule has 0 atom stereocenters. The molecular weight excluding hydrogens is 609 g/mol. The fourth-order valence-corrected chi connectivity index (χ4v) is 8.90. The Kier molecular flexibility index (Phi) is 5.16. The highest BCUT2D eigenvalue weighted by Crippen LogP contribution is 2.49. The molecule has 12 rings (SSSR count). The van der Waals surface area contributed by atoms with Gasteiger partial charge in [-0.05, 0) is 90.4 Å². The summed E-state index contributed by atoms with van der Waals surface area (Å²) in [5.74, 6) is 0.710. The van der Waals surface area contributed by atoms with Crippen LogP contribution in [0.5, 0.6) is 0 Å². The summed E-state index contributed by atoms with van der Waals surface area (Å²) in [5.41, 5.74) is 14.9. The fraction of sp³-hybridized carbons (Fsp3) is 0.0870. The highest BCUT2D eigenvalue weighted by molar-refractivity contribution is 6.37. The first kappa shape index (κ1) is 26.7. The van der Waals surface area contributed by atoms with Gasteiger partial charge in [0.15, 0.2) is 0 Å². The van der Waals surface area contributed by atoms with Crippen molar-refractivity contribution in [2.75, 3.05) is 0 Å². The molecule has 0 saturated heterocycles. The maximum absolute atomic E-state index is 5.47. The first-order valence-corrected chi connectivity index (χ1v) is 17.7. The topological polar surface area (TPSA) is 35.6 Å². The molecule has 0 unspecified atom stereocenters. The number of aromatic nitrogens is 4. The van der Waals surface area contributed by atoms with E-state index in [-0.39, 0.29) is 0 Å². The average Bonchev–Trinajstić information content (AvgIpc) is 3.66. The molecule has 0 N–H and O–H groups in total. The lowest BCUT2D eigenvalue weighted by Gasteiger charge is -2.19. The molecule has 7 aromatic carbocycles. The maximum Gasteiger partial charge on any atom is 0.235 e. The van der Waals surface area contributed by atoms with Crippen molar-refractivity contribution in [2.24, 2.45) is 0 Å². The molecule has 2 aliphatic carbocycles. The molecule has 234 valence electrons. The molecule has 0 amide bonds. The molecule has 3 aromatic heterocycles. The standard InChI is InChI=1S/C46H30N4/c1-3-11-27(12-4-1)43-35-17-9-10-18-38(35)47-46(48-43)50-40-26-31-22-20-29(31)24-37(40)42-41-36-23-28-19-21-30(28)25-39(36)49(32-13-5-2-6-14-32)44(41)33-15-7-8-16-34(33)45(42)50/h1-18,23-26H,19-22H2. The molecule has 4 heteroatoms. The van der Waals surface area contributed by atoms with Crippen LogP contribution in [-0.4, -0.2) is 19.1 Å². The van der Waals surface area contributed by atoms with Gasteiger partial charge in [0, 0.05) is 49.0 Å². The van der Waals surface area contributed by atoms with Gasteiger partial charge in [0.2, 0.25) is 5.95 Å². The summed E-state index contributed by atoms with van der Waals surface area (Å²) in [5, 5.41) is 8.72. The average molecular weight is 639 g/mol. The quantitative estimate of drug-likeness (QED) is 0.193. The Morgan fingerprint density at radius 3 is 1.54 bits per heavy atom. The van der Waals surface area contributed by atoms with Gasteiger partial charge in [0.05, 0.1) is 33.3 Å². The van der Waals surface area contributed by atoms with Crippen LogP contribution in [0, 0.1) is 0 Å². The zero-order chi connectivity index (χ0) is 32.5. The van der Waals surface area contributed by atoms with E-state index in [1.165, 1.54) is 82.3 Å². The van der Waals surface area contributed by atoms with Gasteiger partial charge in [-0.2, -0.15) is 0 Å². The Labute approximate surface area is 287 Å². The maximum atomic E-state index is 5.47. The van der Waals surface area contributed by atoms with Crippen LogP contribution < -0.4 is 0 Å². The van der Waals surface area contributed by atoms with Crippen LogP contribution in [0.3, 0.4) is 0 Å². The van der Waals surface area contributed by atoms with E-state index < -0.39 is 0 Å². The first-order chi connectivity index (χ1) is 24.8. The molecule has 10 aromatic rings. The summed E-state index contributed by atoms with van der Waals surface area (Å²) in [6, 6.07) is 48.7. The summed E-state index contributed by atoms with van der Waals surface area (Å²) in [4.78, 5) is 10.8.